The number of hydrogen-bond donors (Lipinski definition) is 4. The Labute approximate surface area is 177 Å². The molecule has 2 unspecified atom stereocenters. The first kappa shape index (κ1) is 19.0. The Morgan fingerprint density at radius 3 is 2.81 bits per heavy atom. The highest BCUT2D eigenvalue weighted by molar-refractivity contribution is 5.90. The normalized spacial score (nSPS) is 26.2. The number of aliphatic hydroxyl groups excluding tert-OH is 2. The lowest BCUT2D eigenvalue weighted by molar-refractivity contribution is -0.548. The van der Waals surface area contributed by atoms with Crippen LogP contribution >= 0.6 is 0 Å². The van der Waals surface area contributed by atoms with Crippen LogP contribution in [0.25, 0.3) is 11.2 Å². The van der Waals surface area contributed by atoms with E-state index in [0.29, 0.717) is 29.9 Å². The fourth-order valence-electron chi connectivity index (χ4n) is 4.47. The molecule has 0 aromatic carbocycles. The van der Waals surface area contributed by atoms with Crippen molar-refractivity contribution in [2.75, 3.05) is 33.0 Å². The van der Waals surface area contributed by atoms with Crippen LogP contribution in [0.15, 0.2) is 34.7 Å². The maximum atomic E-state index is 12.4. The van der Waals surface area contributed by atoms with E-state index < -0.39 is 11.5 Å². The molecule has 2 aliphatic carbocycles. The predicted octanol–water partition coefficient (Wildman–Crippen LogP) is 0.846. The first-order chi connectivity index (χ1) is 14.9. The van der Waals surface area contributed by atoms with E-state index in [1.165, 1.54) is 13.4 Å². The standard InChI is InChI=1S/C20H20N8O3/c1-21-17-13-18(26-12(25-17)5-4-10-7-24-27(3)8-10)28(9-23-13)14-11-6-20(11,19(31)22-2)16(30)15(14)29/h7,9,11,14H,6,8H2,1-3H3,(H3,21,22,24,25,26,31)/p+1/t11?,14-,20?/m1/s1. The molecule has 1 amide bonds. The molecule has 3 aliphatic rings. The maximum Gasteiger partial charge on any atom is 0.234 e. The van der Waals surface area contributed by atoms with Crippen LogP contribution in [0, 0.1) is 23.2 Å². The fourth-order valence-corrected chi connectivity index (χ4v) is 4.47. The minimum Gasteiger partial charge on any atom is -0.508 e. The SMILES string of the molecule is CNC(=O)C12CC1[C@@H](n1cnc3c(NC)nc(C#CC4=CN=[N+](C)C4)nc31)C(O)=C2O. The smallest absolute Gasteiger partial charge is 0.234 e. The van der Waals surface area contributed by atoms with Gasteiger partial charge in [-0.1, -0.05) is 5.92 Å². The number of carbonyl (C=O) groups is 1. The van der Waals surface area contributed by atoms with Crippen molar-refractivity contribution in [1.29, 1.82) is 0 Å². The number of aromatic nitrogens is 4. The van der Waals surface area contributed by atoms with Gasteiger partial charge in [0.1, 0.15) is 23.4 Å². The zero-order chi connectivity index (χ0) is 21.9. The fraction of sp³-hybridized carbons (Fsp3) is 0.400. The van der Waals surface area contributed by atoms with Gasteiger partial charge in [0.15, 0.2) is 29.8 Å². The minimum atomic E-state index is -1.09. The Kier molecular flexibility index (Phi) is 4.01. The number of aliphatic hydroxyl groups is 2. The van der Waals surface area contributed by atoms with Gasteiger partial charge in [0, 0.05) is 20.0 Å². The van der Waals surface area contributed by atoms with Crippen molar-refractivity contribution in [1.82, 2.24) is 24.8 Å². The van der Waals surface area contributed by atoms with Crippen LogP contribution < -0.4 is 10.6 Å². The molecule has 158 valence electrons. The lowest BCUT2D eigenvalue weighted by Gasteiger charge is -2.15. The number of rotatable bonds is 3. The van der Waals surface area contributed by atoms with E-state index in [1.54, 1.807) is 22.5 Å². The summed E-state index contributed by atoms with van der Waals surface area (Å²) in [7, 11) is 5.10. The Morgan fingerprint density at radius 2 is 2.13 bits per heavy atom. The van der Waals surface area contributed by atoms with Crippen molar-refractivity contribution < 1.29 is 19.7 Å². The summed E-state index contributed by atoms with van der Waals surface area (Å²) in [5, 5.41) is 30.9. The largest absolute Gasteiger partial charge is 0.508 e. The van der Waals surface area contributed by atoms with Gasteiger partial charge >= 0.3 is 0 Å². The number of fused-ring (bicyclic) bond motifs is 2. The molecule has 0 bridgehead atoms. The second kappa shape index (κ2) is 6.53. The Bertz CT molecular complexity index is 1290. The lowest BCUT2D eigenvalue weighted by atomic mass is 10.0. The van der Waals surface area contributed by atoms with Crippen molar-refractivity contribution in [3.05, 3.63) is 35.4 Å². The van der Waals surface area contributed by atoms with E-state index >= 15 is 0 Å². The number of likely N-dealkylation sites (N-methyl/N-ethyl adjacent to an activating group) is 1. The summed E-state index contributed by atoms with van der Waals surface area (Å²) in [5.74, 6) is 5.65. The molecule has 4 N–H and O–H groups in total. The van der Waals surface area contributed by atoms with E-state index in [1.807, 2.05) is 7.05 Å². The van der Waals surface area contributed by atoms with Gasteiger partial charge in [-0.05, 0) is 17.5 Å². The summed E-state index contributed by atoms with van der Waals surface area (Å²) in [5.41, 5.74) is 0.718. The Morgan fingerprint density at radius 1 is 1.32 bits per heavy atom. The van der Waals surface area contributed by atoms with Crippen LogP contribution in [-0.4, -0.2) is 68.0 Å². The van der Waals surface area contributed by atoms with Gasteiger partial charge < -0.3 is 25.4 Å². The number of allylic oxidation sites excluding steroid dienone is 1. The molecular weight excluding hydrogens is 400 g/mol. The van der Waals surface area contributed by atoms with Gasteiger partial charge in [-0.15, -0.1) is 4.70 Å². The maximum absolute atomic E-state index is 12.4. The topological polar surface area (TPSA) is 141 Å². The average molecular weight is 421 g/mol. The Hall–Kier alpha value is -3.94. The van der Waals surface area contributed by atoms with Crippen molar-refractivity contribution in [3.63, 3.8) is 0 Å². The predicted molar refractivity (Wildman–Crippen MR) is 109 cm³/mol. The molecule has 31 heavy (non-hydrogen) atoms. The number of azo groups is 2. The third-order valence-electron chi connectivity index (χ3n) is 6.08. The summed E-state index contributed by atoms with van der Waals surface area (Å²) in [6.45, 7) is 0.620. The zero-order valence-corrected chi connectivity index (χ0v) is 17.2. The molecule has 0 spiro atoms. The Balaban J connectivity index is 1.57. The van der Waals surface area contributed by atoms with Gasteiger partial charge in [-0.25, -0.2) is 15.0 Å². The highest BCUT2D eigenvalue weighted by atomic mass is 16.3. The number of hydrogen-bond acceptors (Lipinski definition) is 8. The highest BCUT2D eigenvalue weighted by Crippen LogP contribution is 2.69. The number of carbonyl (C=O) groups excluding carboxylic acids is 1. The number of nitrogens with one attached hydrogen (secondary N) is 2. The summed E-state index contributed by atoms with van der Waals surface area (Å²) >= 11 is 0. The molecule has 2 aromatic heterocycles. The van der Waals surface area contributed by atoms with Crippen molar-refractivity contribution in [2.45, 2.75) is 12.5 Å². The third-order valence-corrected chi connectivity index (χ3v) is 6.08. The molecule has 5 rings (SSSR count). The van der Waals surface area contributed by atoms with Crippen molar-refractivity contribution in [2.24, 2.45) is 16.4 Å². The molecular formula is C20H21N8O3+. The second-order valence-electron chi connectivity index (χ2n) is 7.85. The summed E-state index contributed by atoms with van der Waals surface area (Å²) < 4.78 is 3.45. The van der Waals surface area contributed by atoms with Gasteiger partial charge in [0.25, 0.3) is 0 Å². The molecule has 11 heteroatoms. The lowest BCUT2D eigenvalue weighted by Crippen LogP contribution is -2.30. The van der Waals surface area contributed by atoms with Crippen LogP contribution in [0.2, 0.25) is 0 Å². The average Bonchev–Trinajstić information content (AvgIpc) is 3.02. The molecule has 11 nitrogen and oxygen atoms in total. The summed E-state index contributed by atoms with van der Waals surface area (Å²) in [6, 6.07) is -0.646. The number of anilines is 1. The van der Waals surface area contributed by atoms with E-state index in [-0.39, 0.29) is 29.2 Å². The second-order valence-corrected chi connectivity index (χ2v) is 7.85. The van der Waals surface area contributed by atoms with Gasteiger partial charge in [0.05, 0.1) is 11.9 Å². The molecule has 0 radical (unpaired) electrons. The molecule has 1 fully saturated rings. The minimum absolute atomic E-state index is 0.239. The van der Waals surface area contributed by atoms with E-state index in [2.05, 4.69) is 42.5 Å². The zero-order valence-electron chi connectivity index (χ0n) is 17.2. The summed E-state index contributed by atoms with van der Waals surface area (Å²) in [4.78, 5) is 25.8. The van der Waals surface area contributed by atoms with E-state index in [4.69, 9.17) is 0 Å². The van der Waals surface area contributed by atoms with Crippen molar-refractivity contribution >= 4 is 22.9 Å². The van der Waals surface area contributed by atoms with E-state index in [0.717, 1.165) is 5.57 Å². The summed E-state index contributed by atoms with van der Waals surface area (Å²) in [6.07, 6.45) is 3.68. The van der Waals surface area contributed by atoms with Crippen molar-refractivity contribution in [3.8, 4) is 11.8 Å². The van der Waals surface area contributed by atoms with Crippen LogP contribution in [0.4, 0.5) is 5.82 Å². The first-order valence-electron chi connectivity index (χ1n) is 9.80. The molecule has 1 saturated carbocycles. The molecule has 3 atom stereocenters. The number of amides is 1. The van der Waals surface area contributed by atoms with Crippen LogP contribution in [0.1, 0.15) is 18.3 Å². The molecule has 1 aliphatic heterocycles. The highest BCUT2D eigenvalue weighted by Gasteiger charge is 2.72. The first-order valence-corrected chi connectivity index (χ1v) is 9.80. The molecule has 2 aromatic rings. The van der Waals surface area contributed by atoms with Crippen LogP contribution in [-0.2, 0) is 4.79 Å². The quantitative estimate of drug-likeness (QED) is 0.425. The third kappa shape index (κ3) is 2.61. The monoisotopic (exact) mass is 421 g/mol. The van der Waals surface area contributed by atoms with Gasteiger partial charge in [-0.2, -0.15) is 0 Å². The number of imidazole rings is 1. The number of nitrogens with zero attached hydrogens (tertiary/aromatic N) is 6. The van der Waals surface area contributed by atoms with Gasteiger partial charge in [0.2, 0.25) is 18.3 Å². The van der Waals surface area contributed by atoms with Crippen LogP contribution in [0.3, 0.4) is 0 Å². The molecule has 3 heterocycles. The molecule has 0 saturated heterocycles. The van der Waals surface area contributed by atoms with Gasteiger partial charge in [-0.3, -0.25) is 4.79 Å². The van der Waals surface area contributed by atoms with Crippen LogP contribution in [0.5, 0.6) is 0 Å². The van der Waals surface area contributed by atoms with E-state index in [9.17, 15) is 15.0 Å².